The minimum Gasteiger partial charge on any atom is -0.374 e. The van der Waals surface area contributed by atoms with Crippen molar-refractivity contribution in [1.82, 2.24) is 15.1 Å². The Morgan fingerprint density at radius 3 is 2.95 bits per heavy atom. The van der Waals surface area contributed by atoms with Crippen molar-refractivity contribution in [2.24, 2.45) is 4.99 Å². The monoisotopic (exact) mass is 310 g/mol. The lowest BCUT2D eigenvalue weighted by molar-refractivity contribution is -0.0137. The molecule has 22 heavy (non-hydrogen) atoms. The molecule has 1 aliphatic heterocycles. The van der Waals surface area contributed by atoms with Crippen molar-refractivity contribution in [2.75, 3.05) is 53.4 Å². The number of rotatable bonds is 9. The van der Waals surface area contributed by atoms with Crippen LogP contribution in [-0.4, -0.2) is 75.3 Å². The van der Waals surface area contributed by atoms with Gasteiger partial charge in [-0.15, -0.1) is 6.58 Å². The molecule has 1 atom stereocenters. The summed E-state index contributed by atoms with van der Waals surface area (Å²) >= 11 is 0. The van der Waals surface area contributed by atoms with E-state index in [4.69, 9.17) is 9.73 Å². The third-order valence-corrected chi connectivity index (χ3v) is 3.88. The Morgan fingerprint density at radius 1 is 1.45 bits per heavy atom. The first-order valence-electron chi connectivity index (χ1n) is 8.57. The summed E-state index contributed by atoms with van der Waals surface area (Å²) in [4.78, 5) is 9.28. The molecule has 0 aliphatic carbocycles. The summed E-state index contributed by atoms with van der Waals surface area (Å²) in [5, 5.41) is 3.38. The molecular weight excluding hydrogens is 276 g/mol. The maximum atomic E-state index is 5.78. The van der Waals surface area contributed by atoms with E-state index in [-0.39, 0.29) is 6.10 Å². The normalized spacial score (nSPS) is 20.0. The number of hydrogen-bond donors (Lipinski definition) is 1. The number of allylic oxidation sites excluding steroid dienone is 1. The van der Waals surface area contributed by atoms with Crippen molar-refractivity contribution in [3.63, 3.8) is 0 Å². The molecule has 1 saturated heterocycles. The standard InChI is InChI=1S/C17H34N4O/c1-5-7-8-9-10-11-21(4)17(18-6-2)19-14-16-15-20(3)12-13-22-16/h5,16H,1,6-15H2,2-4H3,(H,18,19). The first kappa shape index (κ1) is 19.0. The Bertz CT molecular complexity index is 333. The van der Waals surface area contributed by atoms with Gasteiger partial charge in [-0.1, -0.05) is 12.5 Å². The van der Waals surface area contributed by atoms with E-state index >= 15 is 0 Å². The molecule has 1 heterocycles. The van der Waals surface area contributed by atoms with Gasteiger partial charge in [0.1, 0.15) is 0 Å². The Hall–Kier alpha value is -1.07. The van der Waals surface area contributed by atoms with Gasteiger partial charge >= 0.3 is 0 Å². The summed E-state index contributed by atoms with van der Waals surface area (Å²) in [6, 6.07) is 0. The molecule has 128 valence electrons. The Balaban J connectivity index is 2.37. The highest BCUT2D eigenvalue weighted by Gasteiger charge is 2.17. The molecule has 0 amide bonds. The molecule has 0 aromatic heterocycles. The van der Waals surface area contributed by atoms with Crippen molar-refractivity contribution in [3.05, 3.63) is 12.7 Å². The quantitative estimate of drug-likeness (QED) is 0.306. The lowest BCUT2D eigenvalue weighted by Gasteiger charge is -2.29. The van der Waals surface area contributed by atoms with E-state index < -0.39 is 0 Å². The molecule has 0 bridgehead atoms. The maximum absolute atomic E-state index is 5.78. The summed E-state index contributed by atoms with van der Waals surface area (Å²) < 4.78 is 5.78. The molecule has 0 spiro atoms. The van der Waals surface area contributed by atoms with Gasteiger partial charge in [-0.05, 0) is 33.2 Å². The predicted octanol–water partition coefficient (Wildman–Crippen LogP) is 1.96. The van der Waals surface area contributed by atoms with E-state index in [1.807, 2.05) is 6.08 Å². The van der Waals surface area contributed by atoms with Crippen molar-refractivity contribution < 1.29 is 4.74 Å². The predicted molar refractivity (Wildman–Crippen MR) is 94.5 cm³/mol. The van der Waals surface area contributed by atoms with Gasteiger partial charge in [0.05, 0.1) is 19.3 Å². The number of guanidine groups is 1. The zero-order chi connectivity index (χ0) is 16.2. The molecule has 1 rings (SSSR count). The molecular formula is C17H34N4O. The molecule has 1 N–H and O–H groups in total. The topological polar surface area (TPSA) is 40.1 Å². The summed E-state index contributed by atoms with van der Waals surface area (Å²) in [6.07, 6.45) is 6.99. The zero-order valence-corrected chi connectivity index (χ0v) is 14.7. The smallest absolute Gasteiger partial charge is 0.193 e. The van der Waals surface area contributed by atoms with Crippen LogP contribution in [0.2, 0.25) is 0 Å². The van der Waals surface area contributed by atoms with Crippen LogP contribution in [0.5, 0.6) is 0 Å². The van der Waals surface area contributed by atoms with E-state index in [2.05, 4.69) is 42.7 Å². The summed E-state index contributed by atoms with van der Waals surface area (Å²) in [5.74, 6) is 0.989. The highest BCUT2D eigenvalue weighted by atomic mass is 16.5. The molecule has 1 unspecified atom stereocenters. The number of unbranched alkanes of at least 4 members (excludes halogenated alkanes) is 3. The number of nitrogens with one attached hydrogen (secondary N) is 1. The number of hydrogen-bond acceptors (Lipinski definition) is 3. The second-order valence-corrected chi connectivity index (χ2v) is 6.01. The van der Waals surface area contributed by atoms with Crippen LogP contribution < -0.4 is 5.32 Å². The molecule has 1 fully saturated rings. The fourth-order valence-electron chi connectivity index (χ4n) is 2.56. The molecule has 0 saturated carbocycles. The zero-order valence-electron chi connectivity index (χ0n) is 14.7. The fraction of sp³-hybridized carbons (Fsp3) is 0.824. The fourth-order valence-corrected chi connectivity index (χ4v) is 2.56. The number of ether oxygens (including phenoxy) is 1. The van der Waals surface area contributed by atoms with E-state index in [9.17, 15) is 0 Å². The van der Waals surface area contributed by atoms with Crippen molar-refractivity contribution in [1.29, 1.82) is 0 Å². The third-order valence-electron chi connectivity index (χ3n) is 3.88. The lowest BCUT2D eigenvalue weighted by atomic mass is 10.2. The number of morpholine rings is 1. The molecule has 0 aromatic rings. The molecule has 5 nitrogen and oxygen atoms in total. The maximum Gasteiger partial charge on any atom is 0.193 e. The van der Waals surface area contributed by atoms with Gasteiger partial charge in [0.25, 0.3) is 0 Å². The van der Waals surface area contributed by atoms with Crippen LogP contribution in [0.15, 0.2) is 17.6 Å². The van der Waals surface area contributed by atoms with Crippen LogP contribution in [0.4, 0.5) is 0 Å². The van der Waals surface area contributed by atoms with E-state index in [1.54, 1.807) is 0 Å². The number of likely N-dealkylation sites (N-methyl/N-ethyl adjacent to an activating group) is 1. The Labute approximate surface area is 136 Å². The average molecular weight is 310 g/mol. The van der Waals surface area contributed by atoms with Crippen LogP contribution in [-0.2, 0) is 4.74 Å². The Kier molecular flexibility index (Phi) is 9.91. The van der Waals surface area contributed by atoms with Gasteiger partial charge < -0.3 is 19.9 Å². The largest absolute Gasteiger partial charge is 0.374 e. The molecule has 1 aliphatic rings. The van der Waals surface area contributed by atoms with Crippen LogP contribution in [0, 0.1) is 0 Å². The van der Waals surface area contributed by atoms with Gasteiger partial charge in [0.15, 0.2) is 5.96 Å². The summed E-state index contributed by atoms with van der Waals surface area (Å²) in [7, 11) is 4.25. The highest BCUT2D eigenvalue weighted by Crippen LogP contribution is 2.05. The van der Waals surface area contributed by atoms with Gasteiger partial charge in [-0.2, -0.15) is 0 Å². The first-order valence-corrected chi connectivity index (χ1v) is 8.57. The molecule has 0 aromatic carbocycles. The van der Waals surface area contributed by atoms with E-state index in [0.29, 0.717) is 0 Å². The lowest BCUT2D eigenvalue weighted by Crippen LogP contribution is -2.43. The molecule has 0 radical (unpaired) electrons. The van der Waals surface area contributed by atoms with Crippen LogP contribution >= 0.6 is 0 Å². The number of aliphatic imine (C=N–C) groups is 1. The Morgan fingerprint density at radius 2 is 2.27 bits per heavy atom. The second kappa shape index (κ2) is 11.5. The second-order valence-electron chi connectivity index (χ2n) is 6.01. The van der Waals surface area contributed by atoms with Crippen molar-refractivity contribution in [2.45, 2.75) is 38.7 Å². The van der Waals surface area contributed by atoms with Gasteiger partial charge in [-0.3, -0.25) is 4.99 Å². The number of nitrogens with zero attached hydrogens (tertiary/aromatic N) is 3. The van der Waals surface area contributed by atoms with E-state index in [0.717, 1.165) is 51.7 Å². The van der Waals surface area contributed by atoms with Crippen molar-refractivity contribution in [3.8, 4) is 0 Å². The van der Waals surface area contributed by atoms with Gasteiger partial charge in [-0.25, -0.2) is 0 Å². The summed E-state index contributed by atoms with van der Waals surface area (Å²) in [6.45, 7) is 11.3. The third kappa shape index (κ3) is 7.80. The average Bonchev–Trinajstić information content (AvgIpc) is 2.51. The van der Waals surface area contributed by atoms with E-state index in [1.165, 1.54) is 19.3 Å². The first-order chi connectivity index (χ1) is 10.7. The van der Waals surface area contributed by atoms with Gasteiger partial charge in [0, 0.05) is 33.2 Å². The van der Waals surface area contributed by atoms with Crippen LogP contribution in [0.25, 0.3) is 0 Å². The van der Waals surface area contributed by atoms with Crippen LogP contribution in [0.1, 0.15) is 32.6 Å². The SMILES string of the molecule is C=CCCCCCN(C)C(=NCC1CN(C)CCO1)NCC. The minimum atomic E-state index is 0.216. The highest BCUT2D eigenvalue weighted by molar-refractivity contribution is 5.79. The minimum absolute atomic E-state index is 0.216. The summed E-state index contributed by atoms with van der Waals surface area (Å²) in [5.41, 5.74) is 0. The van der Waals surface area contributed by atoms with Crippen molar-refractivity contribution >= 4 is 5.96 Å². The van der Waals surface area contributed by atoms with Crippen LogP contribution in [0.3, 0.4) is 0 Å². The van der Waals surface area contributed by atoms with Gasteiger partial charge in [0.2, 0.25) is 0 Å². The molecule has 5 heteroatoms.